The first-order valence-corrected chi connectivity index (χ1v) is 15.1. The van der Waals surface area contributed by atoms with Gasteiger partial charge in [-0.25, -0.2) is 4.90 Å². The monoisotopic (exact) mass is 679 g/mol. The molecular formula is C30H19F6N3O5S2. The summed E-state index contributed by atoms with van der Waals surface area (Å²) >= 11 is 1.70. The van der Waals surface area contributed by atoms with E-state index in [4.69, 9.17) is 4.74 Å². The van der Waals surface area contributed by atoms with Gasteiger partial charge in [-0.15, -0.1) is 0 Å². The van der Waals surface area contributed by atoms with Gasteiger partial charge < -0.3 is 15.0 Å². The minimum Gasteiger partial charge on any atom is -0.483 e. The largest absolute Gasteiger partial charge is 0.483 e. The van der Waals surface area contributed by atoms with E-state index >= 15 is 0 Å². The zero-order chi connectivity index (χ0) is 33.0. The lowest BCUT2D eigenvalue weighted by Crippen LogP contribution is -2.32. The molecule has 0 radical (unpaired) electrons. The van der Waals surface area contributed by atoms with Gasteiger partial charge in [-0.2, -0.15) is 26.3 Å². The van der Waals surface area contributed by atoms with Gasteiger partial charge in [0.05, 0.1) is 33.4 Å². The number of carbonyl (C=O) groups is 3. The van der Waals surface area contributed by atoms with Crippen molar-refractivity contribution < 1.29 is 45.5 Å². The van der Waals surface area contributed by atoms with Crippen LogP contribution in [0.1, 0.15) is 27.5 Å². The van der Waals surface area contributed by atoms with E-state index < -0.39 is 75.5 Å². The Balaban J connectivity index is 1.33. The number of imide groups is 1. The van der Waals surface area contributed by atoms with Crippen molar-refractivity contribution >= 4 is 52.2 Å². The first-order chi connectivity index (χ1) is 21.7. The molecule has 4 aromatic rings. The molecule has 3 aromatic carbocycles. The number of para-hydroxylation sites is 2. The summed E-state index contributed by atoms with van der Waals surface area (Å²) in [5.41, 5.74) is -2.57. The van der Waals surface area contributed by atoms with Crippen LogP contribution in [0.2, 0.25) is 0 Å². The second kappa shape index (κ2) is 11.7. The molecule has 1 aromatic heterocycles. The highest BCUT2D eigenvalue weighted by Gasteiger charge is 2.57. The number of H-pyrrole nitrogens is 1. The van der Waals surface area contributed by atoms with Crippen LogP contribution in [0.25, 0.3) is 0 Å². The summed E-state index contributed by atoms with van der Waals surface area (Å²) in [5.74, 6) is -4.62. The maximum Gasteiger partial charge on any atom is 0.418 e. The van der Waals surface area contributed by atoms with E-state index in [1.807, 2.05) is 0 Å². The number of amides is 3. The van der Waals surface area contributed by atoms with Crippen molar-refractivity contribution in [1.82, 2.24) is 4.98 Å². The fourth-order valence-corrected chi connectivity index (χ4v) is 7.97. The molecule has 1 fully saturated rings. The fraction of sp³-hybridized carbons (Fsp3) is 0.200. The molecule has 3 amide bonds. The molecule has 1 saturated heterocycles. The van der Waals surface area contributed by atoms with E-state index in [9.17, 15) is 45.5 Å². The summed E-state index contributed by atoms with van der Waals surface area (Å²) in [6.07, 6.45) is -9.46. The SMILES string of the molecule is O=C(COc1ccccc1[C@@H]1c2sc(=O)[nH]c2S[C@H]2C(=O)N(c3cccc(C(F)(F)F)c3)C(=O)[C@@H]12)Nc1ccccc1C(F)(F)F. The van der Waals surface area contributed by atoms with E-state index in [0.717, 1.165) is 47.4 Å². The molecule has 238 valence electrons. The summed E-state index contributed by atoms with van der Waals surface area (Å²) < 4.78 is 86.3. The van der Waals surface area contributed by atoms with Crippen molar-refractivity contribution in [2.24, 2.45) is 5.92 Å². The lowest BCUT2D eigenvalue weighted by atomic mass is 9.82. The lowest BCUT2D eigenvalue weighted by Gasteiger charge is -2.30. The number of nitrogens with one attached hydrogen (secondary N) is 2. The average Bonchev–Trinajstić information content (AvgIpc) is 3.49. The zero-order valence-electron chi connectivity index (χ0n) is 22.9. The number of ether oxygens (including phenoxy) is 1. The fourth-order valence-electron chi connectivity index (χ4n) is 5.47. The summed E-state index contributed by atoms with van der Waals surface area (Å²) in [6.45, 7) is -0.738. The van der Waals surface area contributed by atoms with Gasteiger partial charge in [0.15, 0.2) is 6.61 Å². The maximum atomic E-state index is 13.9. The molecule has 0 unspecified atom stereocenters. The van der Waals surface area contributed by atoms with E-state index in [-0.39, 0.29) is 17.0 Å². The number of hydrogen-bond acceptors (Lipinski definition) is 7. The van der Waals surface area contributed by atoms with E-state index in [0.29, 0.717) is 20.9 Å². The van der Waals surface area contributed by atoms with Crippen LogP contribution in [0.4, 0.5) is 37.7 Å². The smallest absolute Gasteiger partial charge is 0.418 e. The van der Waals surface area contributed by atoms with Crippen molar-refractivity contribution in [3.63, 3.8) is 0 Å². The second-order valence-electron chi connectivity index (χ2n) is 10.2. The Bertz CT molecular complexity index is 1920. The van der Waals surface area contributed by atoms with Gasteiger partial charge in [-0.3, -0.25) is 19.2 Å². The van der Waals surface area contributed by atoms with Gasteiger partial charge in [0, 0.05) is 16.4 Å². The number of thiazole rings is 1. The summed E-state index contributed by atoms with van der Waals surface area (Å²) in [4.78, 5) is 55.9. The van der Waals surface area contributed by atoms with Crippen LogP contribution in [0.15, 0.2) is 82.6 Å². The Hall–Kier alpha value is -4.57. The van der Waals surface area contributed by atoms with Gasteiger partial charge >= 0.3 is 17.2 Å². The molecule has 2 N–H and O–H groups in total. The summed E-state index contributed by atoms with van der Waals surface area (Å²) in [5, 5.41) is 1.35. The number of rotatable bonds is 6. The van der Waals surface area contributed by atoms with Crippen LogP contribution < -0.4 is 19.8 Å². The number of aromatic amines is 1. The molecule has 46 heavy (non-hydrogen) atoms. The van der Waals surface area contributed by atoms with E-state index in [2.05, 4.69) is 10.3 Å². The number of carbonyl (C=O) groups excluding carboxylic acids is 3. The molecule has 2 aliphatic heterocycles. The molecule has 8 nitrogen and oxygen atoms in total. The summed E-state index contributed by atoms with van der Waals surface area (Å²) in [7, 11) is 0. The Morgan fingerprint density at radius 2 is 1.61 bits per heavy atom. The van der Waals surface area contributed by atoms with Crippen LogP contribution in [0, 0.1) is 5.92 Å². The van der Waals surface area contributed by atoms with Crippen molar-refractivity contribution in [3.8, 4) is 5.75 Å². The predicted octanol–water partition coefficient (Wildman–Crippen LogP) is 6.29. The minimum atomic E-state index is -4.73. The van der Waals surface area contributed by atoms with Gasteiger partial charge in [0.1, 0.15) is 11.0 Å². The maximum absolute atomic E-state index is 13.9. The molecular weight excluding hydrogens is 660 g/mol. The molecule has 0 aliphatic carbocycles. The zero-order valence-corrected chi connectivity index (χ0v) is 24.6. The highest BCUT2D eigenvalue weighted by atomic mass is 32.2. The van der Waals surface area contributed by atoms with Gasteiger partial charge in [-0.1, -0.05) is 59.5 Å². The average molecular weight is 680 g/mol. The molecule has 2 aliphatic rings. The third-order valence-corrected chi connectivity index (χ3v) is 9.78. The molecule has 16 heteroatoms. The molecule has 3 atom stereocenters. The van der Waals surface area contributed by atoms with Crippen molar-refractivity contribution in [1.29, 1.82) is 0 Å². The molecule has 0 saturated carbocycles. The number of aromatic nitrogens is 1. The number of halogens is 6. The van der Waals surface area contributed by atoms with Crippen LogP contribution in [0.3, 0.4) is 0 Å². The van der Waals surface area contributed by atoms with Crippen molar-refractivity contribution in [2.75, 3.05) is 16.8 Å². The second-order valence-corrected chi connectivity index (χ2v) is 12.4. The van der Waals surface area contributed by atoms with Crippen molar-refractivity contribution in [2.45, 2.75) is 28.5 Å². The van der Waals surface area contributed by atoms with Gasteiger partial charge in [0.2, 0.25) is 11.8 Å². The van der Waals surface area contributed by atoms with Crippen LogP contribution in [0.5, 0.6) is 5.75 Å². The molecule has 6 rings (SSSR count). The summed E-state index contributed by atoms with van der Waals surface area (Å²) in [6, 6.07) is 14.3. The lowest BCUT2D eigenvalue weighted by molar-refractivity contribution is -0.138. The van der Waals surface area contributed by atoms with E-state index in [1.165, 1.54) is 24.3 Å². The van der Waals surface area contributed by atoms with Gasteiger partial charge in [-0.05, 0) is 36.4 Å². The normalized spacial score (nSPS) is 19.5. The minimum absolute atomic E-state index is 0.0435. The Labute approximate surface area is 263 Å². The van der Waals surface area contributed by atoms with Crippen molar-refractivity contribution in [3.05, 3.63) is 104 Å². The van der Waals surface area contributed by atoms with E-state index in [1.54, 1.807) is 18.2 Å². The third-order valence-electron chi connectivity index (χ3n) is 7.38. The quantitative estimate of drug-likeness (QED) is 0.183. The molecule has 0 bridgehead atoms. The standard InChI is InChI=1S/C30H19F6N3O5S2/c31-29(32,33)14-6-5-7-15(12-14)39-26(41)22-21(23-25(38-28(43)46-23)45-24(22)27(39)42)16-8-1-4-11-19(16)44-13-20(40)37-18-10-3-2-9-17(18)30(34,35)36/h1-12,21-22,24H,13H2,(H,37,40)(H,38,43)/t21-,22-,24+/m0/s1. The molecule has 3 heterocycles. The number of hydrogen-bond donors (Lipinski definition) is 2. The first kappa shape index (κ1) is 31.4. The highest BCUT2D eigenvalue weighted by Crippen LogP contribution is 2.54. The topological polar surface area (TPSA) is 109 Å². The van der Waals surface area contributed by atoms with Crippen LogP contribution in [-0.4, -0.2) is 34.6 Å². The number of alkyl halides is 6. The Morgan fingerprint density at radius 3 is 2.35 bits per heavy atom. The predicted molar refractivity (Wildman–Crippen MR) is 156 cm³/mol. The number of anilines is 2. The first-order valence-electron chi connectivity index (χ1n) is 13.4. The van der Waals surface area contributed by atoms with Crippen LogP contribution >= 0.6 is 23.1 Å². The number of thioether (sulfide) groups is 1. The number of nitrogens with zero attached hydrogens (tertiary/aromatic N) is 1. The highest BCUT2D eigenvalue weighted by molar-refractivity contribution is 8.00. The third kappa shape index (κ3) is 5.77. The number of benzene rings is 3. The Kier molecular flexibility index (Phi) is 7.96. The Morgan fingerprint density at radius 1 is 0.891 bits per heavy atom. The van der Waals surface area contributed by atoms with Gasteiger partial charge in [0.25, 0.3) is 5.91 Å². The molecule has 0 spiro atoms. The van der Waals surface area contributed by atoms with Crippen LogP contribution in [-0.2, 0) is 26.7 Å². The number of fused-ring (bicyclic) bond motifs is 2.